The molecule has 0 aromatic heterocycles. The van der Waals surface area contributed by atoms with Gasteiger partial charge in [0.2, 0.25) is 0 Å². The fraction of sp³-hybridized carbons (Fsp3) is 0.600. The smallest absolute Gasteiger partial charge is 0.550 e. The molecule has 0 aromatic rings. The molecular weight excluding hydrogens is 322 g/mol. The van der Waals surface area contributed by atoms with Gasteiger partial charge in [-0.05, 0) is 19.3 Å². The zero-order valence-electron chi connectivity index (χ0n) is 12.5. The number of hydrogen-bond acceptors (Lipinski definition) is 8. The first-order valence-corrected chi connectivity index (χ1v) is 5.44. The molecular formula is C10H16N2Na2O8. The van der Waals surface area contributed by atoms with Crippen LogP contribution in [0.25, 0.3) is 0 Å². The van der Waals surface area contributed by atoms with Crippen molar-refractivity contribution >= 4 is 23.9 Å². The van der Waals surface area contributed by atoms with Gasteiger partial charge in [-0.1, -0.05) is 0 Å². The van der Waals surface area contributed by atoms with E-state index in [4.69, 9.17) is 21.7 Å². The van der Waals surface area contributed by atoms with E-state index in [9.17, 15) is 29.4 Å². The minimum atomic E-state index is -1.44. The summed E-state index contributed by atoms with van der Waals surface area (Å²) in [6.07, 6.45) is -0.724. The normalized spacial score (nSPS) is 11.4. The van der Waals surface area contributed by atoms with Crippen molar-refractivity contribution < 1.29 is 98.7 Å². The molecule has 0 aliphatic carbocycles. The van der Waals surface area contributed by atoms with E-state index in [1.54, 1.807) is 0 Å². The fourth-order valence-corrected chi connectivity index (χ4v) is 0.794. The fourth-order valence-electron chi connectivity index (χ4n) is 0.794. The Balaban J connectivity index is -0.000000135. The van der Waals surface area contributed by atoms with Crippen molar-refractivity contribution in [2.45, 2.75) is 37.8 Å². The van der Waals surface area contributed by atoms with Gasteiger partial charge in [0.05, 0.1) is 5.97 Å². The van der Waals surface area contributed by atoms with Crippen LogP contribution in [0.5, 0.6) is 0 Å². The molecule has 0 bridgehead atoms. The molecule has 22 heavy (non-hydrogen) atoms. The Morgan fingerprint density at radius 3 is 1.55 bits per heavy atom. The van der Waals surface area contributed by atoms with Crippen LogP contribution >= 0.6 is 0 Å². The van der Waals surface area contributed by atoms with E-state index in [-0.39, 0.29) is 84.8 Å². The summed E-state index contributed by atoms with van der Waals surface area (Å²) in [6.45, 7) is 0. The molecule has 116 valence electrons. The molecule has 0 saturated heterocycles. The number of aliphatic carboxylic acids is 4. The third-order valence-electron chi connectivity index (χ3n) is 1.95. The minimum absolute atomic E-state index is 0. The van der Waals surface area contributed by atoms with Gasteiger partial charge in [0.15, 0.2) is 0 Å². The summed E-state index contributed by atoms with van der Waals surface area (Å²) in [5, 5.41) is 35.9. The van der Waals surface area contributed by atoms with Crippen LogP contribution in [0.3, 0.4) is 0 Å². The van der Waals surface area contributed by atoms with Gasteiger partial charge in [-0.25, -0.2) is 0 Å². The Bertz CT molecular complexity index is 333. The maximum absolute atomic E-state index is 9.99. The van der Waals surface area contributed by atoms with Crippen LogP contribution in [0, 0.1) is 0 Å². The minimum Gasteiger partial charge on any atom is -0.550 e. The maximum atomic E-state index is 9.99. The van der Waals surface area contributed by atoms with Crippen LogP contribution in [0.4, 0.5) is 0 Å². The van der Waals surface area contributed by atoms with Crippen LogP contribution in [-0.2, 0) is 19.2 Å². The summed E-state index contributed by atoms with van der Waals surface area (Å²) in [5.74, 6) is -4.95. The maximum Gasteiger partial charge on any atom is 1.00 e. The van der Waals surface area contributed by atoms with Crippen LogP contribution in [0.15, 0.2) is 0 Å². The summed E-state index contributed by atoms with van der Waals surface area (Å²) in [7, 11) is 0. The monoisotopic (exact) mass is 338 g/mol. The van der Waals surface area contributed by atoms with E-state index in [1.807, 2.05) is 0 Å². The quantitative estimate of drug-likeness (QED) is 0.307. The van der Waals surface area contributed by atoms with Gasteiger partial charge in [0, 0.05) is 18.4 Å². The number of carbonyl (C=O) groups excluding carboxylic acids is 2. The SMILES string of the molecule is N[C@@H](CCC(=O)O)C(=O)O.N[C@@H](CCC(=O)[O-])C(=O)[O-].[Na+].[Na+]. The van der Waals surface area contributed by atoms with Gasteiger partial charge in [0.25, 0.3) is 0 Å². The molecule has 6 N–H and O–H groups in total. The van der Waals surface area contributed by atoms with Gasteiger partial charge in [-0.15, -0.1) is 0 Å². The summed E-state index contributed by atoms with van der Waals surface area (Å²) < 4.78 is 0. The molecule has 0 aromatic carbocycles. The van der Waals surface area contributed by atoms with Crippen molar-refractivity contribution in [2.24, 2.45) is 11.5 Å². The van der Waals surface area contributed by atoms with Crippen LogP contribution in [0.1, 0.15) is 25.7 Å². The van der Waals surface area contributed by atoms with Crippen LogP contribution < -0.4 is 80.8 Å². The Labute approximate surface area is 170 Å². The number of rotatable bonds is 8. The Kier molecular flexibility index (Phi) is 23.2. The molecule has 0 heterocycles. The van der Waals surface area contributed by atoms with Gasteiger partial charge < -0.3 is 41.5 Å². The van der Waals surface area contributed by atoms with Crippen molar-refractivity contribution in [3.63, 3.8) is 0 Å². The van der Waals surface area contributed by atoms with E-state index >= 15 is 0 Å². The molecule has 0 spiro atoms. The van der Waals surface area contributed by atoms with E-state index in [0.717, 1.165) is 0 Å². The second-order valence-electron chi connectivity index (χ2n) is 3.71. The third kappa shape index (κ3) is 22.1. The first-order chi connectivity index (χ1) is 9.07. The molecule has 0 radical (unpaired) electrons. The number of carbonyl (C=O) groups is 4. The number of carboxylic acid groups (broad SMARTS) is 4. The number of hydrogen-bond donors (Lipinski definition) is 4. The van der Waals surface area contributed by atoms with Gasteiger partial charge in [0.1, 0.15) is 6.04 Å². The molecule has 0 fully saturated rings. The molecule has 2 atom stereocenters. The zero-order valence-corrected chi connectivity index (χ0v) is 16.5. The topological polar surface area (TPSA) is 207 Å². The number of carboxylic acids is 4. The van der Waals surface area contributed by atoms with Crippen molar-refractivity contribution in [3.05, 3.63) is 0 Å². The van der Waals surface area contributed by atoms with Gasteiger partial charge in [-0.2, -0.15) is 0 Å². The van der Waals surface area contributed by atoms with Crippen molar-refractivity contribution in [1.82, 2.24) is 0 Å². The van der Waals surface area contributed by atoms with E-state index < -0.39 is 36.0 Å². The Hall–Kier alpha value is -0.200. The second kappa shape index (κ2) is 17.2. The van der Waals surface area contributed by atoms with Gasteiger partial charge >= 0.3 is 71.1 Å². The summed E-state index contributed by atoms with van der Waals surface area (Å²) in [4.78, 5) is 39.5. The Morgan fingerprint density at radius 2 is 1.27 bits per heavy atom. The number of nitrogens with two attached hydrogens (primary N) is 2. The predicted octanol–water partition coefficient (Wildman–Crippen LogP) is -10.1. The van der Waals surface area contributed by atoms with E-state index in [2.05, 4.69) is 0 Å². The average Bonchev–Trinajstić information content (AvgIpc) is 2.33. The predicted molar refractivity (Wildman–Crippen MR) is 59.7 cm³/mol. The molecule has 0 unspecified atom stereocenters. The van der Waals surface area contributed by atoms with E-state index in [0.29, 0.717) is 0 Å². The standard InChI is InChI=1S/2C5H9NO4.2Na/c2*6-3(5(9)10)1-2-4(7)8;;/h2*3H,1-2,6H2,(H,7,8)(H,9,10);;/q;;2*+1/p-2/t2*3-;;/m00../s1. The van der Waals surface area contributed by atoms with Crippen molar-refractivity contribution in [1.29, 1.82) is 0 Å². The summed E-state index contributed by atoms with van der Waals surface area (Å²) >= 11 is 0. The van der Waals surface area contributed by atoms with Crippen LogP contribution in [0.2, 0.25) is 0 Å². The van der Waals surface area contributed by atoms with Crippen molar-refractivity contribution in [2.75, 3.05) is 0 Å². The molecule has 0 aliphatic rings. The molecule has 0 rings (SSSR count). The molecule has 0 aliphatic heterocycles. The largest absolute Gasteiger partial charge is 1.00 e. The summed E-state index contributed by atoms with van der Waals surface area (Å²) in [6, 6.07) is -2.27. The van der Waals surface area contributed by atoms with Gasteiger partial charge in [-0.3, -0.25) is 9.59 Å². The van der Waals surface area contributed by atoms with Crippen LogP contribution in [-0.4, -0.2) is 46.2 Å². The third-order valence-corrected chi connectivity index (χ3v) is 1.95. The molecule has 0 amide bonds. The second-order valence-corrected chi connectivity index (χ2v) is 3.71. The average molecular weight is 338 g/mol. The Morgan fingerprint density at radius 1 is 0.864 bits per heavy atom. The molecule has 10 nitrogen and oxygen atoms in total. The first-order valence-electron chi connectivity index (χ1n) is 5.44. The zero-order chi connectivity index (χ0) is 16.3. The molecule has 0 saturated carbocycles. The van der Waals surface area contributed by atoms with E-state index in [1.165, 1.54) is 0 Å². The molecule has 12 heteroatoms. The van der Waals surface area contributed by atoms with Crippen molar-refractivity contribution in [3.8, 4) is 0 Å². The first kappa shape index (κ1) is 29.8. The summed E-state index contributed by atoms with van der Waals surface area (Å²) in [5.41, 5.74) is 9.91.